The summed E-state index contributed by atoms with van der Waals surface area (Å²) in [5.74, 6) is 1.86. The van der Waals surface area contributed by atoms with E-state index in [2.05, 4.69) is 11.9 Å². The number of carbonyl (C=O) groups excluding carboxylic acids is 2. The van der Waals surface area contributed by atoms with Crippen molar-refractivity contribution >= 4 is 33.5 Å². The highest BCUT2D eigenvalue weighted by atomic mass is 33.1. The Morgan fingerprint density at radius 3 is 1.72 bits per heavy atom. The summed E-state index contributed by atoms with van der Waals surface area (Å²) in [5.41, 5.74) is 0. The third-order valence-corrected chi connectivity index (χ3v) is 6.60. The van der Waals surface area contributed by atoms with Crippen molar-refractivity contribution in [1.82, 2.24) is 4.90 Å². The molecule has 1 aliphatic rings. The minimum absolute atomic E-state index is 0.187. The second kappa shape index (κ2) is 18.3. The lowest BCUT2D eigenvalue weighted by Crippen LogP contribution is -2.35. The molecule has 0 aliphatic carbocycles. The van der Waals surface area contributed by atoms with Gasteiger partial charge in [-0.2, -0.15) is 0 Å². The van der Waals surface area contributed by atoms with Crippen LogP contribution in [0.2, 0.25) is 0 Å². The molecule has 1 rings (SSSR count). The fraction of sp³-hybridized carbons (Fsp3) is 0.895. The lowest BCUT2D eigenvalue weighted by Gasteiger charge is -2.22. The average molecular weight is 454 g/mol. The van der Waals surface area contributed by atoms with E-state index in [1.54, 1.807) is 0 Å². The number of carbonyl (C=O) groups is 2. The van der Waals surface area contributed by atoms with Crippen LogP contribution in [0.4, 0.5) is 0 Å². The minimum Gasteiger partial charge on any atom is -0.463 e. The van der Waals surface area contributed by atoms with E-state index in [0.717, 1.165) is 24.5 Å². The average Bonchev–Trinajstić information content (AvgIpc) is 3.25. The highest BCUT2D eigenvalue weighted by molar-refractivity contribution is 8.77. The summed E-state index contributed by atoms with van der Waals surface area (Å²) in [6, 6.07) is 0.551. The lowest BCUT2D eigenvalue weighted by molar-refractivity contribution is -0.146. The largest absolute Gasteiger partial charge is 0.463 e. The van der Waals surface area contributed by atoms with Crippen molar-refractivity contribution in [3.63, 3.8) is 0 Å². The molecule has 1 fully saturated rings. The van der Waals surface area contributed by atoms with Crippen LogP contribution in [-0.4, -0.2) is 101 Å². The summed E-state index contributed by atoms with van der Waals surface area (Å²) in [4.78, 5) is 25.1. The molecular weight excluding hydrogens is 418 g/mol. The molecule has 0 saturated carbocycles. The molecule has 1 saturated heterocycles. The van der Waals surface area contributed by atoms with Gasteiger partial charge in [-0.15, -0.1) is 0 Å². The molecule has 0 aromatic rings. The first kappa shape index (κ1) is 26.5. The highest BCUT2D eigenvalue weighted by Gasteiger charge is 2.21. The molecule has 1 heterocycles. The van der Waals surface area contributed by atoms with Crippen LogP contribution in [0.1, 0.15) is 26.2 Å². The quantitative estimate of drug-likeness (QED) is 0.175. The molecule has 0 unspecified atom stereocenters. The van der Waals surface area contributed by atoms with E-state index in [1.807, 2.05) is 28.5 Å². The molecular formula is C19H35NO7S2. The Balaban J connectivity index is 1.78. The normalized spacial score (nSPS) is 14.4. The van der Waals surface area contributed by atoms with Crippen LogP contribution < -0.4 is 0 Å². The van der Waals surface area contributed by atoms with Gasteiger partial charge in [-0.05, 0) is 13.5 Å². The van der Waals surface area contributed by atoms with Crippen LogP contribution in [0, 0.1) is 0 Å². The molecule has 0 aromatic heterocycles. The van der Waals surface area contributed by atoms with E-state index in [4.69, 9.17) is 23.7 Å². The molecule has 0 atom stereocenters. The first-order chi connectivity index (χ1) is 14.1. The van der Waals surface area contributed by atoms with Crippen molar-refractivity contribution in [2.45, 2.75) is 32.2 Å². The van der Waals surface area contributed by atoms with Crippen LogP contribution in [-0.2, 0) is 33.3 Å². The van der Waals surface area contributed by atoms with Gasteiger partial charge in [-0.3, -0.25) is 9.59 Å². The third kappa shape index (κ3) is 15.0. The third-order valence-electron chi connectivity index (χ3n) is 4.08. The Bertz CT molecular complexity index is 437. The van der Waals surface area contributed by atoms with Gasteiger partial charge in [0.15, 0.2) is 0 Å². The van der Waals surface area contributed by atoms with Gasteiger partial charge >= 0.3 is 11.9 Å². The monoisotopic (exact) mass is 453 g/mol. The van der Waals surface area contributed by atoms with E-state index in [-0.39, 0.29) is 25.2 Å². The summed E-state index contributed by atoms with van der Waals surface area (Å²) < 4.78 is 26.2. The number of hydrogen-bond donors (Lipinski definition) is 0. The summed E-state index contributed by atoms with van der Waals surface area (Å²) in [6.45, 7) is 5.70. The molecule has 0 bridgehead atoms. The molecule has 0 aromatic carbocycles. The van der Waals surface area contributed by atoms with Crippen molar-refractivity contribution < 1.29 is 33.3 Å². The van der Waals surface area contributed by atoms with Gasteiger partial charge in [0.25, 0.3) is 0 Å². The fourth-order valence-electron chi connectivity index (χ4n) is 2.33. The number of ether oxygens (including phenoxy) is 5. The molecule has 0 N–H and O–H groups in total. The van der Waals surface area contributed by atoms with Gasteiger partial charge in [0.05, 0.1) is 46.1 Å². The zero-order valence-corrected chi connectivity index (χ0v) is 19.2. The van der Waals surface area contributed by atoms with E-state index in [1.165, 1.54) is 0 Å². The van der Waals surface area contributed by atoms with E-state index in [0.29, 0.717) is 58.5 Å². The van der Waals surface area contributed by atoms with Crippen LogP contribution in [0.5, 0.6) is 0 Å². The molecule has 0 spiro atoms. The Morgan fingerprint density at radius 1 is 0.793 bits per heavy atom. The van der Waals surface area contributed by atoms with Crippen molar-refractivity contribution in [1.29, 1.82) is 0 Å². The zero-order chi connectivity index (χ0) is 21.2. The fourth-order valence-corrected chi connectivity index (χ4v) is 5.25. The molecule has 29 heavy (non-hydrogen) atoms. The number of rotatable bonds is 18. The van der Waals surface area contributed by atoms with Crippen molar-refractivity contribution in [3.8, 4) is 0 Å². The maximum absolute atomic E-state index is 11.7. The first-order valence-electron chi connectivity index (χ1n) is 10.1. The smallest absolute Gasteiger partial charge is 0.307 e. The number of esters is 2. The van der Waals surface area contributed by atoms with E-state index < -0.39 is 0 Å². The summed E-state index contributed by atoms with van der Waals surface area (Å²) >= 11 is 0. The van der Waals surface area contributed by atoms with Crippen molar-refractivity contribution in [2.24, 2.45) is 0 Å². The topological polar surface area (TPSA) is 83.5 Å². The minimum atomic E-state index is -0.190. The highest BCUT2D eigenvalue weighted by Crippen LogP contribution is 2.32. The van der Waals surface area contributed by atoms with Crippen LogP contribution in [0.15, 0.2) is 0 Å². The van der Waals surface area contributed by atoms with Gasteiger partial charge < -0.3 is 28.6 Å². The zero-order valence-electron chi connectivity index (χ0n) is 17.6. The Hall–Kier alpha value is -0.520. The van der Waals surface area contributed by atoms with Crippen LogP contribution in [0.25, 0.3) is 0 Å². The number of nitrogens with zero attached hydrogens (tertiary/aromatic N) is 1. The summed E-state index contributed by atoms with van der Waals surface area (Å²) in [6.07, 6.45) is 1.64. The van der Waals surface area contributed by atoms with E-state index >= 15 is 0 Å². The molecule has 8 nitrogen and oxygen atoms in total. The van der Waals surface area contributed by atoms with Crippen molar-refractivity contribution in [3.05, 3.63) is 0 Å². The first-order valence-corrected chi connectivity index (χ1v) is 12.6. The maximum Gasteiger partial charge on any atom is 0.307 e. The second-order valence-corrected chi connectivity index (χ2v) is 9.03. The van der Waals surface area contributed by atoms with Gasteiger partial charge in [0.2, 0.25) is 0 Å². The molecule has 1 aliphatic heterocycles. The van der Waals surface area contributed by atoms with E-state index in [9.17, 15) is 9.59 Å². The maximum atomic E-state index is 11.7. The van der Waals surface area contributed by atoms with Crippen LogP contribution in [0.3, 0.4) is 0 Å². The van der Waals surface area contributed by atoms with Gasteiger partial charge in [-0.25, -0.2) is 0 Å². The Labute approximate surface area is 182 Å². The summed E-state index contributed by atoms with van der Waals surface area (Å²) in [5, 5.41) is 0. The molecule has 170 valence electrons. The van der Waals surface area contributed by atoms with Gasteiger partial charge in [0.1, 0.15) is 13.2 Å². The predicted molar refractivity (Wildman–Crippen MR) is 115 cm³/mol. The summed E-state index contributed by atoms with van der Waals surface area (Å²) in [7, 11) is 5.83. The Kier molecular flexibility index (Phi) is 16.7. The standard InChI is InChI=1S/C19H35NO7S2/c1-3-4-18(21)26-13-11-24-9-7-23-8-10-25-12-14-27-19(22)5-6-20(2)17-15-28-29-16-17/h17H,3-16H2,1-2H3. The second-order valence-electron chi connectivity index (χ2n) is 6.48. The van der Waals surface area contributed by atoms with Gasteiger partial charge in [0, 0.05) is 30.5 Å². The van der Waals surface area contributed by atoms with Crippen LogP contribution >= 0.6 is 21.6 Å². The number of hydrogen-bond acceptors (Lipinski definition) is 10. The predicted octanol–water partition coefficient (Wildman–Crippen LogP) is 2.01. The van der Waals surface area contributed by atoms with Crippen molar-refractivity contribution in [2.75, 3.05) is 78.0 Å². The molecule has 0 amide bonds. The molecule has 10 heteroatoms. The molecule has 0 radical (unpaired) electrons. The van der Waals surface area contributed by atoms with Gasteiger partial charge in [-0.1, -0.05) is 28.5 Å². The SMILES string of the molecule is CCCC(=O)OCCOCCOCCOCCOC(=O)CCN(C)C1CSSC1. The lowest BCUT2D eigenvalue weighted by atomic mass is 10.3. The Morgan fingerprint density at radius 2 is 1.24 bits per heavy atom.